The molecule has 0 aromatic carbocycles. The molecule has 120 valence electrons. The quantitative estimate of drug-likeness (QED) is 0.723. The molecule has 2 aliphatic carbocycles. The predicted molar refractivity (Wildman–Crippen MR) is 85.9 cm³/mol. The van der Waals surface area contributed by atoms with Crippen LogP contribution in [0, 0.1) is 5.92 Å². The van der Waals surface area contributed by atoms with E-state index in [2.05, 4.69) is 24.1 Å². The van der Waals surface area contributed by atoms with Crippen LogP contribution in [0.2, 0.25) is 0 Å². The molecule has 2 atom stereocenters. The topological polar surface area (TPSA) is 32.3 Å². The van der Waals surface area contributed by atoms with Gasteiger partial charge in [0.25, 0.3) is 0 Å². The third-order valence-corrected chi connectivity index (χ3v) is 5.91. The lowest BCUT2D eigenvalue weighted by molar-refractivity contribution is -0.133. The smallest absolute Gasteiger partial charge is 0.244 e. The van der Waals surface area contributed by atoms with Gasteiger partial charge in [-0.25, -0.2) is 0 Å². The molecule has 2 saturated carbocycles. The van der Waals surface area contributed by atoms with Crippen LogP contribution >= 0.6 is 0 Å². The van der Waals surface area contributed by atoms with Crippen molar-refractivity contribution < 1.29 is 4.79 Å². The van der Waals surface area contributed by atoms with Crippen molar-refractivity contribution in [2.24, 2.45) is 5.92 Å². The number of hydrogen-bond donors (Lipinski definition) is 1. The summed E-state index contributed by atoms with van der Waals surface area (Å²) in [6, 6.07) is 0.410. The molecule has 2 unspecified atom stereocenters. The highest BCUT2D eigenvalue weighted by atomic mass is 16.2. The van der Waals surface area contributed by atoms with Gasteiger partial charge in [-0.05, 0) is 44.9 Å². The van der Waals surface area contributed by atoms with Crippen molar-refractivity contribution in [1.29, 1.82) is 0 Å². The SMILES string of the molecule is CCCCCCC(C)N1C(=O)C2(CC2)NC1C1CCCC1. The van der Waals surface area contributed by atoms with Crippen LogP contribution in [-0.2, 0) is 4.79 Å². The van der Waals surface area contributed by atoms with E-state index < -0.39 is 0 Å². The van der Waals surface area contributed by atoms with Gasteiger partial charge in [-0.1, -0.05) is 45.4 Å². The van der Waals surface area contributed by atoms with Crippen molar-refractivity contribution in [3.63, 3.8) is 0 Å². The summed E-state index contributed by atoms with van der Waals surface area (Å²) < 4.78 is 0. The Hall–Kier alpha value is -0.570. The second-order valence-corrected chi connectivity index (χ2v) is 7.63. The molecular formula is C18H32N2O. The summed E-state index contributed by atoms with van der Waals surface area (Å²) in [7, 11) is 0. The minimum Gasteiger partial charge on any atom is -0.323 e. The summed E-state index contributed by atoms with van der Waals surface area (Å²) in [5, 5.41) is 3.74. The molecule has 0 radical (unpaired) electrons. The van der Waals surface area contributed by atoms with E-state index in [9.17, 15) is 4.79 Å². The first kappa shape index (κ1) is 15.3. The van der Waals surface area contributed by atoms with Crippen molar-refractivity contribution in [3.8, 4) is 0 Å². The molecule has 0 aromatic rings. The Kier molecular flexibility index (Phi) is 4.58. The van der Waals surface area contributed by atoms with Crippen molar-refractivity contribution in [3.05, 3.63) is 0 Å². The van der Waals surface area contributed by atoms with Crippen LogP contribution in [0.3, 0.4) is 0 Å². The summed E-state index contributed by atoms with van der Waals surface area (Å²) in [6.45, 7) is 4.53. The van der Waals surface area contributed by atoms with Crippen LogP contribution in [-0.4, -0.2) is 28.6 Å². The summed E-state index contributed by atoms with van der Waals surface area (Å²) in [4.78, 5) is 15.1. The van der Waals surface area contributed by atoms with Gasteiger partial charge in [-0.15, -0.1) is 0 Å². The number of rotatable bonds is 7. The predicted octanol–water partition coefficient (Wildman–Crippen LogP) is 3.83. The number of unbranched alkanes of at least 4 members (excludes halogenated alkanes) is 3. The standard InChI is InChI=1S/C18H32N2O/c1-3-4-5-6-9-14(2)20-16(15-10-7-8-11-15)19-18(12-13-18)17(20)21/h14-16,19H,3-13H2,1-2H3. The lowest BCUT2D eigenvalue weighted by atomic mass is 10.0. The molecule has 3 rings (SSSR count). The van der Waals surface area contributed by atoms with Gasteiger partial charge >= 0.3 is 0 Å². The fourth-order valence-electron chi connectivity index (χ4n) is 4.37. The van der Waals surface area contributed by atoms with Crippen molar-refractivity contribution in [2.75, 3.05) is 0 Å². The van der Waals surface area contributed by atoms with Gasteiger partial charge in [0.15, 0.2) is 0 Å². The Morgan fingerprint density at radius 3 is 2.57 bits per heavy atom. The van der Waals surface area contributed by atoms with Gasteiger partial charge < -0.3 is 4.90 Å². The van der Waals surface area contributed by atoms with Crippen LogP contribution in [0.25, 0.3) is 0 Å². The third kappa shape index (κ3) is 2.99. The lowest BCUT2D eigenvalue weighted by Gasteiger charge is -2.34. The number of nitrogens with zero attached hydrogens (tertiary/aromatic N) is 1. The fourth-order valence-corrected chi connectivity index (χ4v) is 4.37. The van der Waals surface area contributed by atoms with Crippen molar-refractivity contribution in [1.82, 2.24) is 10.2 Å². The lowest BCUT2D eigenvalue weighted by Crippen LogP contribution is -2.47. The first-order chi connectivity index (χ1) is 10.2. The molecule has 0 bridgehead atoms. The van der Waals surface area contributed by atoms with E-state index in [0.29, 0.717) is 24.0 Å². The van der Waals surface area contributed by atoms with Crippen LogP contribution in [0.4, 0.5) is 0 Å². The Balaban J connectivity index is 1.63. The highest BCUT2D eigenvalue weighted by molar-refractivity contribution is 5.92. The summed E-state index contributed by atoms with van der Waals surface area (Å²) in [5.74, 6) is 1.12. The van der Waals surface area contributed by atoms with Crippen LogP contribution in [0.1, 0.15) is 84.5 Å². The number of hydrogen-bond acceptors (Lipinski definition) is 2. The third-order valence-electron chi connectivity index (χ3n) is 5.91. The fraction of sp³-hybridized carbons (Fsp3) is 0.944. The molecule has 1 N–H and O–H groups in total. The van der Waals surface area contributed by atoms with E-state index >= 15 is 0 Å². The Morgan fingerprint density at radius 2 is 1.95 bits per heavy atom. The first-order valence-electron chi connectivity index (χ1n) is 9.28. The minimum absolute atomic E-state index is 0.134. The maximum atomic E-state index is 12.9. The minimum atomic E-state index is -0.134. The average molecular weight is 292 g/mol. The van der Waals surface area contributed by atoms with Gasteiger partial charge in [0, 0.05) is 6.04 Å². The maximum Gasteiger partial charge on any atom is 0.244 e. The summed E-state index contributed by atoms with van der Waals surface area (Å²) in [5.41, 5.74) is -0.134. The molecule has 1 saturated heterocycles. The first-order valence-corrected chi connectivity index (χ1v) is 9.28. The van der Waals surface area contributed by atoms with Gasteiger partial charge in [0.1, 0.15) is 0 Å². The van der Waals surface area contributed by atoms with Crippen LogP contribution < -0.4 is 5.32 Å². The maximum absolute atomic E-state index is 12.9. The molecule has 3 fully saturated rings. The molecule has 3 aliphatic rings. The van der Waals surface area contributed by atoms with Gasteiger partial charge in [0.2, 0.25) is 5.91 Å². The van der Waals surface area contributed by atoms with E-state index in [0.717, 1.165) is 12.8 Å². The zero-order valence-corrected chi connectivity index (χ0v) is 13.9. The van der Waals surface area contributed by atoms with E-state index in [1.54, 1.807) is 0 Å². The molecular weight excluding hydrogens is 260 g/mol. The van der Waals surface area contributed by atoms with Crippen LogP contribution in [0.5, 0.6) is 0 Å². The van der Waals surface area contributed by atoms with E-state index in [4.69, 9.17) is 0 Å². The second-order valence-electron chi connectivity index (χ2n) is 7.63. The molecule has 1 heterocycles. The van der Waals surface area contributed by atoms with Crippen LogP contribution in [0.15, 0.2) is 0 Å². The molecule has 3 nitrogen and oxygen atoms in total. The zero-order valence-electron chi connectivity index (χ0n) is 13.9. The molecule has 1 aliphatic heterocycles. The number of carbonyl (C=O) groups excluding carboxylic acids is 1. The molecule has 0 aromatic heterocycles. The average Bonchev–Trinajstić information content (AvgIpc) is 2.95. The highest BCUT2D eigenvalue weighted by Crippen LogP contribution is 2.46. The number of amides is 1. The van der Waals surface area contributed by atoms with E-state index in [-0.39, 0.29) is 5.54 Å². The van der Waals surface area contributed by atoms with E-state index in [1.165, 1.54) is 57.8 Å². The summed E-state index contributed by atoms with van der Waals surface area (Å²) in [6.07, 6.45) is 14.1. The second kappa shape index (κ2) is 6.28. The monoisotopic (exact) mass is 292 g/mol. The normalized spacial score (nSPS) is 29.5. The molecule has 3 heteroatoms. The van der Waals surface area contributed by atoms with Gasteiger partial charge in [-0.3, -0.25) is 10.1 Å². The number of carbonyl (C=O) groups is 1. The molecule has 21 heavy (non-hydrogen) atoms. The largest absolute Gasteiger partial charge is 0.323 e. The molecule has 1 spiro atoms. The number of nitrogens with one attached hydrogen (secondary N) is 1. The summed E-state index contributed by atoms with van der Waals surface area (Å²) >= 11 is 0. The molecule has 1 amide bonds. The van der Waals surface area contributed by atoms with Crippen molar-refractivity contribution in [2.45, 2.75) is 102 Å². The van der Waals surface area contributed by atoms with Gasteiger partial charge in [-0.2, -0.15) is 0 Å². The van der Waals surface area contributed by atoms with Gasteiger partial charge in [0.05, 0.1) is 11.7 Å². The zero-order chi connectivity index (χ0) is 14.9. The van der Waals surface area contributed by atoms with Crippen molar-refractivity contribution >= 4 is 5.91 Å². The van der Waals surface area contributed by atoms with E-state index in [1.807, 2.05) is 0 Å². The Morgan fingerprint density at radius 1 is 1.24 bits per heavy atom. The Bertz CT molecular complexity index is 371. The highest BCUT2D eigenvalue weighted by Gasteiger charge is 2.60. The Labute approximate surface area is 129 Å².